The molecular formula is C25H25N3O5S. The maximum absolute atomic E-state index is 12.4. The molecule has 0 saturated carbocycles. The minimum absolute atomic E-state index is 0.0657. The normalized spacial score (nSPS) is 14.1. The van der Waals surface area contributed by atoms with E-state index < -0.39 is 10.0 Å². The van der Waals surface area contributed by atoms with Gasteiger partial charge in [0.2, 0.25) is 21.8 Å². The topological polar surface area (TPSA) is 109 Å². The number of amides is 2. The van der Waals surface area contributed by atoms with Gasteiger partial charge in [0, 0.05) is 31.3 Å². The first-order valence-electron chi connectivity index (χ1n) is 10.9. The molecule has 2 heterocycles. The van der Waals surface area contributed by atoms with Crippen LogP contribution in [0.5, 0.6) is 0 Å². The van der Waals surface area contributed by atoms with E-state index in [0.29, 0.717) is 24.3 Å². The fourth-order valence-corrected chi connectivity index (χ4v) is 4.55. The van der Waals surface area contributed by atoms with Crippen LogP contribution < -0.4 is 14.9 Å². The maximum Gasteiger partial charge on any atom is 0.244 e. The lowest BCUT2D eigenvalue weighted by atomic mass is 10.2. The Morgan fingerprint density at radius 3 is 2.44 bits per heavy atom. The fourth-order valence-electron chi connectivity index (χ4n) is 3.56. The van der Waals surface area contributed by atoms with E-state index in [-0.39, 0.29) is 23.3 Å². The van der Waals surface area contributed by atoms with Gasteiger partial charge in [-0.05, 0) is 60.0 Å². The van der Waals surface area contributed by atoms with Gasteiger partial charge in [0.15, 0.2) is 0 Å². The number of rotatable bonds is 9. The molecule has 0 aliphatic carbocycles. The van der Waals surface area contributed by atoms with Crippen LogP contribution >= 0.6 is 0 Å². The van der Waals surface area contributed by atoms with Crippen molar-refractivity contribution in [2.75, 3.05) is 11.4 Å². The van der Waals surface area contributed by atoms with E-state index in [1.807, 2.05) is 24.3 Å². The van der Waals surface area contributed by atoms with Gasteiger partial charge in [0.1, 0.15) is 5.76 Å². The van der Waals surface area contributed by atoms with Crippen molar-refractivity contribution in [1.29, 1.82) is 0 Å². The lowest BCUT2D eigenvalue weighted by Gasteiger charge is -2.15. The molecule has 9 heteroatoms. The predicted octanol–water partition coefficient (Wildman–Crippen LogP) is 3.21. The minimum Gasteiger partial charge on any atom is -0.468 e. The highest BCUT2D eigenvalue weighted by atomic mass is 32.2. The number of nitrogens with one attached hydrogen (secondary N) is 2. The molecule has 2 N–H and O–H groups in total. The van der Waals surface area contributed by atoms with E-state index >= 15 is 0 Å². The van der Waals surface area contributed by atoms with Crippen LogP contribution in [0.2, 0.25) is 0 Å². The Balaban J connectivity index is 1.27. The number of sulfonamides is 1. The van der Waals surface area contributed by atoms with Gasteiger partial charge < -0.3 is 14.6 Å². The van der Waals surface area contributed by atoms with Gasteiger partial charge in [-0.2, -0.15) is 0 Å². The molecular weight excluding hydrogens is 454 g/mol. The number of furan rings is 1. The van der Waals surface area contributed by atoms with Crippen LogP contribution in [-0.2, 0) is 32.7 Å². The summed E-state index contributed by atoms with van der Waals surface area (Å²) in [5.74, 6) is 0.393. The Kier molecular flexibility index (Phi) is 7.24. The molecule has 0 spiro atoms. The molecule has 1 aliphatic rings. The van der Waals surface area contributed by atoms with Gasteiger partial charge >= 0.3 is 0 Å². The van der Waals surface area contributed by atoms with E-state index in [9.17, 15) is 18.0 Å². The Hall–Kier alpha value is -3.69. The molecule has 0 radical (unpaired) electrons. The summed E-state index contributed by atoms with van der Waals surface area (Å²) in [5, 5.41) is 2.81. The van der Waals surface area contributed by atoms with Gasteiger partial charge in [0.25, 0.3) is 0 Å². The van der Waals surface area contributed by atoms with Gasteiger partial charge in [0.05, 0.1) is 17.7 Å². The van der Waals surface area contributed by atoms with E-state index in [2.05, 4.69) is 10.0 Å². The quantitative estimate of drug-likeness (QED) is 0.458. The summed E-state index contributed by atoms with van der Waals surface area (Å²) in [4.78, 5) is 25.9. The maximum atomic E-state index is 12.4. The highest BCUT2D eigenvalue weighted by Crippen LogP contribution is 2.21. The lowest BCUT2D eigenvalue weighted by Crippen LogP contribution is -2.23. The lowest BCUT2D eigenvalue weighted by molar-refractivity contribution is -0.117. The number of carbonyl (C=O) groups is 2. The smallest absolute Gasteiger partial charge is 0.244 e. The van der Waals surface area contributed by atoms with Crippen LogP contribution in [0.1, 0.15) is 29.7 Å². The molecule has 1 aliphatic heterocycles. The predicted molar refractivity (Wildman–Crippen MR) is 128 cm³/mol. The van der Waals surface area contributed by atoms with Crippen LogP contribution in [-0.4, -0.2) is 26.8 Å². The zero-order valence-electron chi connectivity index (χ0n) is 18.4. The molecule has 4 rings (SSSR count). The van der Waals surface area contributed by atoms with Crippen molar-refractivity contribution >= 4 is 33.6 Å². The average molecular weight is 480 g/mol. The SMILES string of the molecule is O=C(/C=C/c1ccc(S(=O)(=O)NCc2ccco2)cc1)NCc1ccc(N2CCCC2=O)cc1. The summed E-state index contributed by atoms with van der Waals surface area (Å²) in [6.45, 7) is 1.17. The van der Waals surface area contributed by atoms with Crippen LogP contribution in [0.15, 0.2) is 82.3 Å². The van der Waals surface area contributed by atoms with Crippen molar-refractivity contribution in [3.8, 4) is 0 Å². The Bertz CT molecular complexity index is 1270. The molecule has 1 fully saturated rings. The second-order valence-electron chi connectivity index (χ2n) is 7.84. The molecule has 0 atom stereocenters. The summed E-state index contributed by atoms with van der Waals surface area (Å²) in [6.07, 6.45) is 5.96. The van der Waals surface area contributed by atoms with Crippen LogP contribution in [0.25, 0.3) is 6.08 Å². The van der Waals surface area contributed by atoms with Crippen molar-refractivity contribution in [3.05, 3.63) is 89.9 Å². The third-order valence-corrected chi connectivity index (χ3v) is 6.84. The fraction of sp³-hybridized carbons (Fsp3) is 0.200. The first kappa shape index (κ1) is 23.5. The summed E-state index contributed by atoms with van der Waals surface area (Å²) in [6, 6.07) is 17.2. The van der Waals surface area contributed by atoms with E-state index in [1.165, 1.54) is 24.5 Å². The molecule has 2 amide bonds. The standard InChI is InChI=1S/C25H25N3O5S/c29-24(26-17-20-5-10-21(11-6-20)28-15-1-4-25(28)30)14-9-19-7-12-23(13-8-19)34(31,32)27-18-22-3-2-16-33-22/h2-3,5-14,16,27H,1,4,15,17-18H2,(H,26,29)/b14-9+. The second kappa shape index (κ2) is 10.5. The second-order valence-corrected chi connectivity index (χ2v) is 9.61. The Labute approximate surface area is 198 Å². The largest absolute Gasteiger partial charge is 0.468 e. The summed E-state index contributed by atoms with van der Waals surface area (Å²) in [7, 11) is -3.67. The van der Waals surface area contributed by atoms with Gasteiger partial charge in [-0.3, -0.25) is 9.59 Å². The van der Waals surface area contributed by atoms with Gasteiger partial charge in [-0.1, -0.05) is 24.3 Å². The highest BCUT2D eigenvalue weighted by Gasteiger charge is 2.21. The van der Waals surface area contributed by atoms with Crippen LogP contribution in [0, 0.1) is 0 Å². The third kappa shape index (κ3) is 6.00. The molecule has 0 bridgehead atoms. The van der Waals surface area contributed by atoms with Crippen molar-refractivity contribution in [2.45, 2.75) is 30.8 Å². The van der Waals surface area contributed by atoms with Crippen molar-refractivity contribution in [3.63, 3.8) is 0 Å². The molecule has 1 saturated heterocycles. The van der Waals surface area contributed by atoms with E-state index in [4.69, 9.17) is 4.42 Å². The average Bonchev–Trinajstić information content (AvgIpc) is 3.52. The molecule has 1 aromatic heterocycles. The number of benzene rings is 2. The highest BCUT2D eigenvalue weighted by molar-refractivity contribution is 7.89. The summed E-state index contributed by atoms with van der Waals surface area (Å²) < 4.78 is 32.4. The minimum atomic E-state index is -3.67. The van der Waals surface area contributed by atoms with E-state index in [1.54, 1.807) is 35.2 Å². The number of hydrogen-bond donors (Lipinski definition) is 2. The van der Waals surface area contributed by atoms with Crippen molar-refractivity contribution < 1.29 is 22.4 Å². The number of carbonyl (C=O) groups excluding carboxylic acids is 2. The molecule has 8 nitrogen and oxygen atoms in total. The zero-order chi connectivity index (χ0) is 24.0. The number of hydrogen-bond acceptors (Lipinski definition) is 5. The van der Waals surface area contributed by atoms with Crippen LogP contribution in [0.3, 0.4) is 0 Å². The first-order valence-corrected chi connectivity index (χ1v) is 12.4. The summed E-state index contributed by atoms with van der Waals surface area (Å²) in [5.41, 5.74) is 2.49. The molecule has 176 valence electrons. The molecule has 34 heavy (non-hydrogen) atoms. The van der Waals surface area contributed by atoms with Gasteiger partial charge in [-0.15, -0.1) is 0 Å². The van der Waals surface area contributed by atoms with Crippen LogP contribution in [0.4, 0.5) is 5.69 Å². The Morgan fingerprint density at radius 2 is 1.79 bits per heavy atom. The van der Waals surface area contributed by atoms with Crippen molar-refractivity contribution in [1.82, 2.24) is 10.0 Å². The monoisotopic (exact) mass is 479 g/mol. The molecule has 0 unspecified atom stereocenters. The zero-order valence-corrected chi connectivity index (χ0v) is 19.3. The number of anilines is 1. The number of nitrogens with zero attached hydrogens (tertiary/aromatic N) is 1. The van der Waals surface area contributed by atoms with E-state index in [0.717, 1.165) is 24.2 Å². The third-order valence-electron chi connectivity index (χ3n) is 5.42. The molecule has 2 aromatic carbocycles. The summed E-state index contributed by atoms with van der Waals surface area (Å²) >= 11 is 0. The van der Waals surface area contributed by atoms with Gasteiger partial charge in [-0.25, -0.2) is 13.1 Å². The first-order chi connectivity index (χ1) is 16.4. The van der Waals surface area contributed by atoms with Crippen molar-refractivity contribution in [2.24, 2.45) is 0 Å². The molecule has 3 aromatic rings. The Morgan fingerprint density at radius 1 is 1.03 bits per heavy atom.